The van der Waals surface area contributed by atoms with Gasteiger partial charge < -0.3 is 14.5 Å². The molecule has 0 unspecified atom stereocenters. The van der Waals surface area contributed by atoms with Gasteiger partial charge >= 0.3 is 5.63 Å². The summed E-state index contributed by atoms with van der Waals surface area (Å²) in [4.78, 5) is 25.6. The van der Waals surface area contributed by atoms with Crippen LogP contribution in [0.5, 0.6) is 5.75 Å². The van der Waals surface area contributed by atoms with Crippen LogP contribution in [0.1, 0.15) is 40.3 Å². The number of nitrogens with one attached hydrogen (secondary N) is 1. The molecule has 0 saturated carbocycles. The first-order chi connectivity index (χ1) is 16.0. The molecule has 168 valence electrons. The molecule has 0 spiro atoms. The van der Waals surface area contributed by atoms with Crippen LogP contribution in [0.15, 0.2) is 82.0 Å². The Labute approximate surface area is 193 Å². The molecule has 1 amide bonds. The lowest BCUT2D eigenvalue weighted by Gasteiger charge is -2.20. The van der Waals surface area contributed by atoms with E-state index in [2.05, 4.69) is 5.32 Å². The maximum Gasteiger partial charge on any atom is 0.339 e. The standard InChI is InChI=1S/C28H27NO4/c1-18-9-11-21(12-10-18)27(20-7-5-4-6-8-20)29-26(30)16-15-24-19(2)23-14-13-22(32-3)17-25(23)33-28(24)31/h4-14,17,27H,15-16H2,1-3H3,(H,29,30)/t27-/m0/s1. The minimum atomic E-state index is -0.417. The molecule has 4 aromatic rings. The van der Waals surface area contributed by atoms with Crippen molar-refractivity contribution in [1.29, 1.82) is 0 Å². The van der Waals surface area contributed by atoms with E-state index >= 15 is 0 Å². The molecule has 4 rings (SSSR count). The van der Waals surface area contributed by atoms with Gasteiger partial charge in [0.2, 0.25) is 5.91 Å². The summed E-state index contributed by atoms with van der Waals surface area (Å²) in [6, 6.07) is 23.2. The minimum Gasteiger partial charge on any atom is -0.497 e. The molecule has 5 nitrogen and oxygen atoms in total. The maximum absolute atomic E-state index is 12.9. The van der Waals surface area contributed by atoms with Gasteiger partial charge in [-0.1, -0.05) is 60.2 Å². The van der Waals surface area contributed by atoms with Crippen LogP contribution in [0.25, 0.3) is 11.0 Å². The van der Waals surface area contributed by atoms with E-state index in [0.29, 0.717) is 23.3 Å². The molecule has 0 aliphatic heterocycles. The van der Waals surface area contributed by atoms with Crippen LogP contribution in [-0.4, -0.2) is 13.0 Å². The predicted octanol–water partition coefficient (Wildman–Crippen LogP) is 5.26. The first-order valence-corrected chi connectivity index (χ1v) is 11.0. The van der Waals surface area contributed by atoms with Gasteiger partial charge in [0.15, 0.2) is 0 Å². The van der Waals surface area contributed by atoms with Crippen LogP contribution in [0.3, 0.4) is 0 Å². The van der Waals surface area contributed by atoms with E-state index in [4.69, 9.17) is 9.15 Å². The van der Waals surface area contributed by atoms with Crippen LogP contribution in [0, 0.1) is 13.8 Å². The van der Waals surface area contributed by atoms with Crippen molar-refractivity contribution >= 4 is 16.9 Å². The zero-order valence-corrected chi connectivity index (χ0v) is 19.1. The Morgan fingerprint density at radius 3 is 2.36 bits per heavy atom. The van der Waals surface area contributed by atoms with Crippen LogP contribution in [0.2, 0.25) is 0 Å². The largest absolute Gasteiger partial charge is 0.497 e. The zero-order valence-electron chi connectivity index (χ0n) is 19.1. The lowest BCUT2D eigenvalue weighted by atomic mass is 9.97. The van der Waals surface area contributed by atoms with Crippen LogP contribution in [-0.2, 0) is 11.2 Å². The number of carbonyl (C=O) groups is 1. The van der Waals surface area contributed by atoms with Gasteiger partial charge in [0.1, 0.15) is 11.3 Å². The van der Waals surface area contributed by atoms with Gasteiger partial charge in [-0.2, -0.15) is 0 Å². The van der Waals surface area contributed by atoms with Crippen LogP contribution < -0.4 is 15.7 Å². The number of hydrogen-bond acceptors (Lipinski definition) is 4. The molecule has 0 bridgehead atoms. The van der Waals surface area contributed by atoms with Gasteiger partial charge in [0.05, 0.1) is 13.2 Å². The monoisotopic (exact) mass is 441 g/mol. The quantitative estimate of drug-likeness (QED) is 0.398. The van der Waals surface area contributed by atoms with Crippen molar-refractivity contribution in [2.75, 3.05) is 7.11 Å². The number of amides is 1. The Morgan fingerprint density at radius 1 is 0.970 bits per heavy atom. The molecule has 0 radical (unpaired) electrons. The fraction of sp³-hybridized carbons (Fsp3) is 0.214. The maximum atomic E-state index is 12.9. The van der Waals surface area contributed by atoms with E-state index < -0.39 is 5.63 Å². The summed E-state index contributed by atoms with van der Waals surface area (Å²) in [5.74, 6) is 0.498. The van der Waals surface area contributed by atoms with Gasteiger partial charge in [-0.05, 0) is 49.1 Å². The Bertz CT molecular complexity index is 1320. The van der Waals surface area contributed by atoms with Gasteiger partial charge in [0, 0.05) is 23.4 Å². The highest BCUT2D eigenvalue weighted by molar-refractivity contribution is 5.83. The smallest absolute Gasteiger partial charge is 0.339 e. The molecule has 1 N–H and O–H groups in total. The Morgan fingerprint density at radius 2 is 1.67 bits per heavy atom. The van der Waals surface area contributed by atoms with E-state index in [1.54, 1.807) is 13.2 Å². The lowest BCUT2D eigenvalue weighted by Crippen LogP contribution is -2.30. The molecule has 1 heterocycles. The highest BCUT2D eigenvalue weighted by Crippen LogP contribution is 2.25. The predicted molar refractivity (Wildman–Crippen MR) is 130 cm³/mol. The first kappa shape index (κ1) is 22.3. The highest BCUT2D eigenvalue weighted by Gasteiger charge is 2.18. The van der Waals surface area contributed by atoms with Gasteiger partial charge in [-0.15, -0.1) is 0 Å². The average Bonchev–Trinajstić information content (AvgIpc) is 2.83. The number of hydrogen-bond donors (Lipinski definition) is 1. The molecule has 33 heavy (non-hydrogen) atoms. The Kier molecular flexibility index (Phi) is 6.59. The number of rotatable bonds is 7. The van der Waals surface area contributed by atoms with Crippen molar-refractivity contribution in [1.82, 2.24) is 5.32 Å². The first-order valence-electron chi connectivity index (χ1n) is 11.0. The van der Waals surface area contributed by atoms with Gasteiger partial charge in [-0.3, -0.25) is 4.79 Å². The van der Waals surface area contributed by atoms with Crippen molar-refractivity contribution in [3.8, 4) is 5.75 Å². The SMILES string of the molecule is COc1ccc2c(C)c(CCC(=O)N[C@@H](c3ccccc3)c3ccc(C)cc3)c(=O)oc2c1. The number of aryl methyl sites for hydroxylation is 2. The Hall–Kier alpha value is -3.86. The fourth-order valence-electron chi connectivity index (χ4n) is 4.03. The molecule has 3 aromatic carbocycles. The van der Waals surface area contributed by atoms with E-state index in [9.17, 15) is 9.59 Å². The summed E-state index contributed by atoms with van der Waals surface area (Å²) in [5.41, 5.74) is 4.59. The topological polar surface area (TPSA) is 68.5 Å². The van der Waals surface area contributed by atoms with Gasteiger partial charge in [0.25, 0.3) is 0 Å². The normalized spacial score (nSPS) is 11.8. The summed E-state index contributed by atoms with van der Waals surface area (Å²) >= 11 is 0. The number of carbonyl (C=O) groups excluding carboxylic acids is 1. The number of methoxy groups -OCH3 is 1. The van der Waals surface area contributed by atoms with Crippen LogP contribution >= 0.6 is 0 Å². The molecular weight excluding hydrogens is 414 g/mol. The zero-order chi connectivity index (χ0) is 23.4. The lowest BCUT2D eigenvalue weighted by molar-refractivity contribution is -0.121. The third kappa shape index (κ3) is 4.98. The molecule has 0 aliphatic rings. The van der Waals surface area contributed by atoms with Crippen molar-refractivity contribution in [3.63, 3.8) is 0 Å². The molecule has 0 aliphatic carbocycles. The second kappa shape index (κ2) is 9.74. The van der Waals surface area contributed by atoms with Crippen molar-refractivity contribution < 1.29 is 13.9 Å². The van der Waals surface area contributed by atoms with Crippen molar-refractivity contribution in [2.24, 2.45) is 0 Å². The summed E-state index contributed by atoms with van der Waals surface area (Å²) in [7, 11) is 1.57. The van der Waals surface area contributed by atoms with Crippen molar-refractivity contribution in [3.05, 3.63) is 111 Å². The molecule has 1 atom stereocenters. The summed E-state index contributed by atoms with van der Waals surface area (Å²) in [6.45, 7) is 3.92. The second-order valence-electron chi connectivity index (χ2n) is 8.18. The van der Waals surface area contributed by atoms with Gasteiger partial charge in [-0.25, -0.2) is 4.79 Å². The van der Waals surface area contributed by atoms with Crippen molar-refractivity contribution in [2.45, 2.75) is 32.7 Å². The fourth-order valence-corrected chi connectivity index (χ4v) is 4.03. The van der Waals surface area contributed by atoms with E-state index in [1.807, 2.05) is 80.6 Å². The molecule has 5 heteroatoms. The summed E-state index contributed by atoms with van der Waals surface area (Å²) in [6.07, 6.45) is 0.486. The third-order valence-corrected chi connectivity index (χ3v) is 5.95. The minimum absolute atomic E-state index is 0.127. The van der Waals surface area contributed by atoms with Crippen LogP contribution in [0.4, 0.5) is 0 Å². The number of benzene rings is 3. The molecule has 1 aromatic heterocycles. The molecular formula is C28H27NO4. The van der Waals surface area contributed by atoms with E-state index in [-0.39, 0.29) is 18.4 Å². The van der Waals surface area contributed by atoms with E-state index in [1.165, 1.54) is 0 Å². The summed E-state index contributed by atoms with van der Waals surface area (Å²) in [5, 5.41) is 3.98. The summed E-state index contributed by atoms with van der Waals surface area (Å²) < 4.78 is 10.7. The van der Waals surface area contributed by atoms with E-state index in [0.717, 1.165) is 27.6 Å². The Balaban J connectivity index is 1.54. The second-order valence-corrected chi connectivity index (χ2v) is 8.18. The molecule has 0 fully saturated rings. The number of fused-ring (bicyclic) bond motifs is 1. The highest BCUT2D eigenvalue weighted by atomic mass is 16.5. The number of ether oxygens (including phenoxy) is 1. The molecule has 0 saturated heterocycles. The third-order valence-electron chi connectivity index (χ3n) is 5.95. The average molecular weight is 442 g/mol.